The first-order chi connectivity index (χ1) is 13.0. The molecule has 0 spiro atoms. The van der Waals surface area contributed by atoms with Gasteiger partial charge in [-0.2, -0.15) is 5.10 Å². The van der Waals surface area contributed by atoms with Crippen molar-refractivity contribution in [3.05, 3.63) is 76.6 Å². The summed E-state index contributed by atoms with van der Waals surface area (Å²) in [6.45, 7) is 3.54. The molecule has 1 heterocycles. The summed E-state index contributed by atoms with van der Waals surface area (Å²) in [5.41, 5.74) is 3.38. The number of rotatable bonds is 5. The van der Waals surface area contributed by atoms with Gasteiger partial charge in [0, 0.05) is 0 Å². The summed E-state index contributed by atoms with van der Waals surface area (Å²) in [5.74, 6) is -0.738. The Morgan fingerprint density at radius 1 is 1.04 bits per heavy atom. The van der Waals surface area contributed by atoms with Crippen LogP contribution in [0.3, 0.4) is 0 Å². The lowest BCUT2D eigenvalue weighted by atomic mass is 10.2. The van der Waals surface area contributed by atoms with Crippen molar-refractivity contribution in [2.75, 3.05) is 11.9 Å². The number of para-hydroxylation sites is 1. The van der Waals surface area contributed by atoms with E-state index in [1.165, 1.54) is 0 Å². The molecule has 0 radical (unpaired) electrons. The van der Waals surface area contributed by atoms with Crippen LogP contribution in [-0.2, 0) is 4.79 Å². The van der Waals surface area contributed by atoms with Crippen molar-refractivity contribution in [1.29, 1.82) is 0 Å². The molecule has 0 atom stereocenters. The van der Waals surface area contributed by atoms with Gasteiger partial charge in [-0.1, -0.05) is 41.9 Å². The van der Waals surface area contributed by atoms with E-state index in [4.69, 9.17) is 11.6 Å². The Bertz CT molecular complexity index is 983. The molecular weight excluding hydrogens is 364 g/mol. The quantitative estimate of drug-likeness (QED) is 0.709. The number of amides is 2. The van der Waals surface area contributed by atoms with Crippen LogP contribution in [0.25, 0.3) is 5.69 Å². The van der Waals surface area contributed by atoms with E-state index < -0.39 is 5.91 Å². The number of halogens is 1. The maximum atomic E-state index is 12.3. The maximum Gasteiger partial charge on any atom is 0.253 e. The van der Waals surface area contributed by atoms with Gasteiger partial charge in [-0.3, -0.25) is 9.59 Å². The minimum absolute atomic E-state index is 0.167. The van der Waals surface area contributed by atoms with E-state index in [9.17, 15) is 9.59 Å². The van der Waals surface area contributed by atoms with E-state index in [1.807, 2.05) is 44.2 Å². The Morgan fingerprint density at radius 2 is 1.70 bits per heavy atom. The summed E-state index contributed by atoms with van der Waals surface area (Å²) >= 11 is 5.99. The van der Waals surface area contributed by atoms with Gasteiger partial charge in [-0.25, -0.2) is 4.68 Å². The van der Waals surface area contributed by atoms with Crippen LogP contribution in [0.4, 0.5) is 5.69 Å². The number of benzene rings is 2. The van der Waals surface area contributed by atoms with Crippen LogP contribution in [0.1, 0.15) is 21.7 Å². The molecule has 2 N–H and O–H groups in total. The molecule has 3 aromatic rings. The molecule has 2 aromatic carbocycles. The fourth-order valence-electron chi connectivity index (χ4n) is 2.73. The van der Waals surface area contributed by atoms with Crippen molar-refractivity contribution in [2.24, 2.45) is 0 Å². The zero-order chi connectivity index (χ0) is 19.4. The second-order valence-corrected chi connectivity index (χ2v) is 6.41. The zero-order valence-corrected chi connectivity index (χ0v) is 15.7. The van der Waals surface area contributed by atoms with Gasteiger partial charge < -0.3 is 10.6 Å². The topological polar surface area (TPSA) is 76.0 Å². The number of aromatic nitrogens is 2. The molecule has 0 bridgehead atoms. The number of hydrogen-bond acceptors (Lipinski definition) is 3. The van der Waals surface area contributed by atoms with Crippen molar-refractivity contribution in [3.8, 4) is 5.69 Å². The normalized spacial score (nSPS) is 10.5. The molecule has 138 valence electrons. The molecule has 0 saturated carbocycles. The van der Waals surface area contributed by atoms with Gasteiger partial charge in [0.2, 0.25) is 5.91 Å². The predicted molar refractivity (Wildman–Crippen MR) is 105 cm³/mol. The highest BCUT2D eigenvalue weighted by atomic mass is 35.5. The smallest absolute Gasteiger partial charge is 0.253 e. The Hall–Kier alpha value is -3.12. The van der Waals surface area contributed by atoms with Crippen molar-refractivity contribution >= 4 is 29.1 Å². The molecule has 7 heteroatoms. The van der Waals surface area contributed by atoms with E-state index in [0.29, 0.717) is 22.0 Å². The monoisotopic (exact) mass is 382 g/mol. The second-order valence-electron chi connectivity index (χ2n) is 6.00. The lowest BCUT2D eigenvalue weighted by Crippen LogP contribution is -2.33. The zero-order valence-electron chi connectivity index (χ0n) is 15.0. The van der Waals surface area contributed by atoms with Gasteiger partial charge >= 0.3 is 0 Å². The lowest BCUT2D eigenvalue weighted by Gasteiger charge is -2.09. The summed E-state index contributed by atoms with van der Waals surface area (Å²) in [6.07, 6.45) is 0. The fourth-order valence-corrected chi connectivity index (χ4v) is 2.95. The molecule has 0 fully saturated rings. The summed E-state index contributed by atoms with van der Waals surface area (Å²) < 4.78 is 1.77. The largest absolute Gasteiger partial charge is 0.343 e. The number of hydrogen-bond donors (Lipinski definition) is 2. The number of carbonyl (C=O) groups is 2. The number of aryl methyl sites for hydroxylation is 1. The molecule has 2 amide bonds. The molecule has 3 rings (SSSR count). The molecular formula is C20H19ClN4O2. The lowest BCUT2D eigenvalue weighted by molar-refractivity contribution is -0.115. The van der Waals surface area contributed by atoms with Gasteiger partial charge in [0.15, 0.2) is 0 Å². The Balaban J connectivity index is 1.67. The number of nitrogens with one attached hydrogen (secondary N) is 2. The first-order valence-electron chi connectivity index (χ1n) is 8.41. The highest BCUT2D eigenvalue weighted by molar-refractivity contribution is 6.33. The molecule has 0 aliphatic carbocycles. The summed E-state index contributed by atoms with van der Waals surface area (Å²) in [4.78, 5) is 24.4. The molecule has 6 nitrogen and oxygen atoms in total. The van der Waals surface area contributed by atoms with Gasteiger partial charge in [0.25, 0.3) is 5.91 Å². The number of anilines is 1. The van der Waals surface area contributed by atoms with E-state index >= 15 is 0 Å². The van der Waals surface area contributed by atoms with Crippen molar-refractivity contribution in [2.45, 2.75) is 13.8 Å². The molecule has 0 saturated heterocycles. The Morgan fingerprint density at radius 3 is 2.41 bits per heavy atom. The summed E-state index contributed by atoms with van der Waals surface area (Å²) in [6, 6.07) is 16.3. The van der Waals surface area contributed by atoms with Crippen LogP contribution in [0.15, 0.2) is 54.6 Å². The van der Waals surface area contributed by atoms with E-state index in [0.717, 1.165) is 11.4 Å². The third kappa shape index (κ3) is 4.17. The average Bonchev–Trinajstić information content (AvgIpc) is 2.95. The fraction of sp³-hybridized carbons (Fsp3) is 0.150. The van der Waals surface area contributed by atoms with Gasteiger partial charge in [-0.05, 0) is 38.1 Å². The molecule has 1 aromatic heterocycles. The maximum absolute atomic E-state index is 12.3. The van der Waals surface area contributed by atoms with Crippen LogP contribution >= 0.6 is 11.6 Å². The SMILES string of the molecule is Cc1nn(-c2ccccc2)c(C)c1NC(=O)CNC(=O)c1ccccc1Cl. The van der Waals surface area contributed by atoms with Crippen LogP contribution in [0.5, 0.6) is 0 Å². The molecule has 0 unspecified atom stereocenters. The number of nitrogens with zero attached hydrogens (tertiary/aromatic N) is 2. The van der Waals surface area contributed by atoms with Crippen molar-refractivity contribution in [1.82, 2.24) is 15.1 Å². The standard InChI is InChI=1S/C20H19ClN4O2/c1-13-19(14(2)25(24-13)15-8-4-3-5-9-15)23-18(26)12-22-20(27)16-10-6-7-11-17(16)21/h3-11H,12H2,1-2H3,(H,22,27)(H,23,26). The van der Waals surface area contributed by atoms with E-state index in [-0.39, 0.29) is 12.5 Å². The Kier molecular flexibility index (Phi) is 5.57. The minimum Gasteiger partial charge on any atom is -0.343 e. The average molecular weight is 383 g/mol. The first-order valence-corrected chi connectivity index (χ1v) is 8.79. The van der Waals surface area contributed by atoms with E-state index in [1.54, 1.807) is 28.9 Å². The highest BCUT2D eigenvalue weighted by Crippen LogP contribution is 2.22. The molecule has 27 heavy (non-hydrogen) atoms. The van der Waals surface area contributed by atoms with E-state index in [2.05, 4.69) is 15.7 Å². The van der Waals surface area contributed by atoms with Crippen LogP contribution < -0.4 is 10.6 Å². The summed E-state index contributed by atoms with van der Waals surface area (Å²) in [5, 5.41) is 10.2. The van der Waals surface area contributed by atoms with Gasteiger partial charge in [0.05, 0.1) is 39.9 Å². The summed E-state index contributed by atoms with van der Waals surface area (Å²) in [7, 11) is 0. The minimum atomic E-state index is -0.399. The van der Waals surface area contributed by atoms with Crippen LogP contribution in [0.2, 0.25) is 5.02 Å². The predicted octanol–water partition coefficient (Wildman–Crippen LogP) is 3.51. The van der Waals surface area contributed by atoms with Gasteiger partial charge in [0.1, 0.15) is 0 Å². The van der Waals surface area contributed by atoms with Crippen LogP contribution in [-0.4, -0.2) is 28.1 Å². The van der Waals surface area contributed by atoms with Crippen molar-refractivity contribution < 1.29 is 9.59 Å². The number of carbonyl (C=O) groups excluding carboxylic acids is 2. The van der Waals surface area contributed by atoms with Crippen LogP contribution in [0, 0.1) is 13.8 Å². The third-order valence-electron chi connectivity index (χ3n) is 4.08. The highest BCUT2D eigenvalue weighted by Gasteiger charge is 2.16. The molecule has 0 aliphatic rings. The Labute approximate surface area is 162 Å². The van der Waals surface area contributed by atoms with Crippen molar-refractivity contribution in [3.63, 3.8) is 0 Å². The molecule has 0 aliphatic heterocycles. The van der Waals surface area contributed by atoms with Gasteiger partial charge in [-0.15, -0.1) is 0 Å². The third-order valence-corrected chi connectivity index (χ3v) is 4.41. The first kappa shape index (κ1) is 18.7. The second kappa shape index (κ2) is 8.05.